The van der Waals surface area contributed by atoms with E-state index in [-0.39, 0.29) is 17.6 Å². The molecule has 0 amide bonds. The summed E-state index contributed by atoms with van der Waals surface area (Å²) in [6.45, 7) is 3.54. The second-order valence-electron chi connectivity index (χ2n) is 6.32. The van der Waals surface area contributed by atoms with Crippen molar-refractivity contribution in [2.24, 2.45) is 0 Å². The van der Waals surface area contributed by atoms with Crippen molar-refractivity contribution in [2.45, 2.75) is 25.8 Å². The molecule has 0 saturated heterocycles. The first-order valence-corrected chi connectivity index (χ1v) is 8.39. The van der Waals surface area contributed by atoms with Crippen molar-refractivity contribution in [3.8, 4) is 0 Å². The summed E-state index contributed by atoms with van der Waals surface area (Å²) in [6.07, 6.45) is 4.17. The fraction of sp³-hybridized carbons (Fsp3) is 0.286. The Morgan fingerprint density at radius 2 is 1.96 bits per heavy atom. The Labute approximate surface area is 142 Å². The number of carbonyl (C=O) groups excluding carboxylic acids is 1. The predicted octanol–water partition coefficient (Wildman–Crippen LogP) is 4.27. The zero-order valence-electron chi connectivity index (χ0n) is 13.9. The van der Waals surface area contributed by atoms with Crippen LogP contribution in [0.1, 0.15) is 29.3 Å². The zero-order chi connectivity index (χ0) is 16.9. The summed E-state index contributed by atoms with van der Waals surface area (Å²) in [5.74, 6) is -0.383. The number of ketones is 1. The first kappa shape index (κ1) is 16.6. The van der Waals surface area contributed by atoms with Crippen LogP contribution in [0.5, 0.6) is 0 Å². The lowest BCUT2D eigenvalue weighted by Gasteiger charge is -2.31. The molecule has 0 N–H and O–H groups in total. The van der Waals surface area contributed by atoms with E-state index in [1.807, 2.05) is 13.0 Å². The number of rotatable bonds is 5. The van der Waals surface area contributed by atoms with E-state index < -0.39 is 0 Å². The minimum absolute atomic E-state index is 0.0191. The second kappa shape index (κ2) is 7.54. The van der Waals surface area contributed by atoms with Crippen LogP contribution < -0.4 is 0 Å². The molecule has 3 rings (SSSR count). The van der Waals surface area contributed by atoms with Crippen LogP contribution in [0.25, 0.3) is 0 Å². The topological polar surface area (TPSA) is 20.3 Å². The van der Waals surface area contributed by atoms with Gasteiger partial charge < -0.3 is 0 Å². The van der Waals surface area contributed by atoms with Crippen LogP contribution in [0, 0.1) is 5.82 Å². The number of hydrogen-bond acceptors (Lipinski definition) is 2. The minimum Gasteiger partial charge on any atom is -0.292 e. The molecule has 0 radical (unpaired) electrons. The largest absolute Gasteiger partial charge is 0.292 e. The highest BCUT2D eigenvalue weighted by Gasteiger charge is 2.24. The standard InChI is InChI=1S/C21H22FNO/c1-16(21(24)19-8-5-9-20(22)15-19)23-12-10-18(11-13-23)14-17-6-3-2-4-7-17/h2-10,15-16H,11-14H2,1H3. The molecule has 0 aliphatic carbocycles. The van der Waals surface area contributed by atoms with Crippen LogP contribution in [0.3, 0.4) is 0 Å². The van der Waals surface area contributed by atoms with Crippen molar-refractivity contribution in [3.05, 3.63) is 83.2 Å². The fourth-order valence-corrected chi connectivity index (χ4v) is 3.15. The van der Waals surface area contributed by atoms with Crippen LogP contribution in [-0.4, -0.2) is 29.8 Å². The Morgan fingerprint density at radius 3 is 2.62 bits per heavy atom. The summed E-state index contributed by atoms with van der Waals surface area (Å²) < 4.78 is 13.3. The molecule has 2 nitrogen and oxygen atoms in total. The quantitative estimate of drug-likeness (QED) is 0.605. The Hall–Kier alpha value is -2.26. The van der Waals surface area contributed by atoms with Crippen molar-refractivity contribution >= 4 is 5.78 Å². The summed E-state index contributed by atoms with van der Waals surface area (Å²) in [6, 6.07) is 16.1. The molecule has 1 unspecified atom stereocenters. The molecule has 1 heterocycles. The van der Waals surface area contributed by atoms with E-state index in [1.165, 1.54) is 23.3 Å². The molecular formula is C21H22FNO. The Kier molecular flexibility index (Phi) is 5.21. The Balaban J connectivity index is 1.62. The minimum atomic E-state index is -0.364. The lowest BCUT2D eigenvalue weighted by molar-refractivity contribution is 0.0848. The van der Waals surface area contributed by atoms with Gasteiger partial charge in [-0.2, -0.15) is 0 Å². The number of Topliss-reactive ketones (excluding diaryl/α,β-unsaturated/α-hetero) is 1. The number of carbonyl (C=O) groups is 1. The highest BCUT2D eigenvalue weighted by molar-refractivity contribution is 5.99. The average Bonchev–Trinajstić information content (AvgIpc) is 2.62. The molecule has 2 aromatic carbocycles. The predicted molar refractivity (Wildman–Crippen MR) is 94.6 cm³/mol. The molecule has 0 spiro atoms. The van der Waals surface area contributed by atoms with Crippen LogP contribution in [0.2, 0.25) is 0 Å². The van der Waals surface area contributed by atoms with Gasteiger partial charge in [0.25, 0.3) is 0 Å². The van der Waals surface area contributed by atoms with Crippen LogP contribution in [0.15, 0.2) is 66.2 Å². The Bertz CT molecular complexity index is 739. The average molecular weight is 323 g/mol. The van der Waals surface area contributed by atoms with E-state index in [0.717, 1.165) is 25.9 Å². The molecular weight excluding hydrogens is 301 g/mol. The SMILES string of the molecule is CC(C(=O)c1cccc(F)c1)N1CC=C(Cc2ccccc2)CC1. The normalized spacial score (nSPS) is 16.5. The summed E-state index contributed by atoms with van der Waals surface area (Å²) in [7, 11) is 0. The van der Waals surface area contributed by atoms with Crippen molar-refractivity contribution < 1.29 is 9.18 Å². The molecule has 1 aliphatic heterocycles. The number of nitrogens with zero attached hydrogens (tertiary/aromatic N) is 1. The van der Waals surface area contributed by atoms with Gasteiger partial charge in [0.2, 0.25) is 0 Å². The maximum absolute atomic E-state index is 13.3. The highest BCUT2D eigenvalue weighted by atomic mass is 19.1. The van der Waals surface area contributed by atoms with Gasteiger partial charge in [-0.3, -0.25) is 9.69 Å². The summed E-state index contributed by atoms with van der Waals surface area (Å²) in [5, 5.41) is 0. The molecule has 0 saturated carbocycles. The fourth-order valence-electron chi connectivity index (χ4n) is 3.15. The molecule has 0 bridgehead atoms. The van der Waals surface area contributed by atoms with E-state index in [4.69, 9.17) is 0 Å². The van der Waals surface area contributed by atoms with Crippen LogP contribution in [0.4, 0.5) is 4.39 Å². The number of halogens is 1. The molecule has 1 atom stereocenters. The molecule has 24 heavy (non-hydrogen) atoms. The van der Waals surface area contributed by atoms with E-state index in [9.17, 15) is 9.18 Å². The van der Waals surface area contributed by atoms with E-state index in [0.29, 0.717) is 5.56 Å². The van der Waals surface area contributed by atoms with Gasteiger partial charge in [-0.05, 0) is 37.5 Å². The van der Waals surface area contributed by atoms with E-state index >= 15 is 0 Å². The maximum Gasteiger partial charge on any atom is 0.179 e. The van der Waals surface area contributed by atoms with Gasteiger partial charge in [-0.25, -0.2) is 4.39 Å². The third kappa shape index (κ3) is 3.98. The molecule has 2 aromatic rings. The first-order chi connectivity index (χ1) is 11.6. The molecule has 3 heteroatoms. The Morgan fingerprint density at radius 1 is 1.17 bits per heavy atom. The monoisotopic (exact) mass is 323 g/mol. The van der Waals surface area contributed by atoms with E-state index in [2.05, 4.69) is 35.2 Å². The molecule has 1 aliphatic rings. The van der Waals surface area contributed by atoms with Gasteiger partial charge in [0, 0.05) is 18.7 Å². The molecule has 0 fully saturated rings. The first-order valence-electron chi connectivity index (χ1n) is 8.39. The maximum atomic E-state index is 13.3. The van der Waals surface area contributed by atoms with Crippen molar-refractivity contribution in [1.82, 2.24) is 4.90 Å². The summed E-state index contributed by atoms with van der Waals surface area (Å²) >= 11 is 0. The zero-order valence-corrected chi connectivity index (χ0v) is 13.9. The van der Waals surface area contributed by atoms with Gasteiger partial charge in [0.05, 0.1) is 6.04 Å². The van der Waals surface area contributed by atoms with Crippen LogP contribution >= 0.6 is 0 Å². The van der Waals surface area contributed by atoms with Crippen molar-refractivity contribution in [3.63, 3.8) is 0 Å². The summed E-state index contributed by atoms with van der Waals surface area (Å²) in [4.78, 5) is 14.7. The lowest BCUT2D eigenvalue weighted by atomic mass is 9.97. The third-order valence-electron chi connectivity index (χ3n) is 4.64. The number of benzene rings is 2. The van der Waals surface area contributed by atoms with Gasteiger partial charge in [-0.15, -0.1) is 0 Å². The van der Waals surface area contributed by atoms with Gasteiger partial charge in [0.15, 0.2) is 5.78 Å². The lowest BCUT2D eigenvalue weighted by Crippen LogP contribution is -2.41. The van der Waals surface area contributed by atoms with Crippen molar-refractivity contribution in [1.29, 1.82) is 0 Å². The summed E-state index contributed by atoms with van der Waals surface area (Å²) in [5.41, 5.74) is 3.19. The third-order valence-corrected chi connectivity index (χ3v) is 4.64. The smallest absolute Gasteiger partial charge is 0.179 e. The van der Waals surface area contributed by atoms with E-state index in [1.54, 1.807) is 12.1 Å². The highest BCUT2D eigenvalue weighted by Crippen LogP contribution is 2.19. The molecule has 0 aromatic heterocycles. The number of hydrogen-bond donors (Lipinski definition) is 0. The van der Waals surface area contributed by atoms with Crippen molar-refractivity contribution in [2.75, 3.05) is 13.1 Å². The van der Waals surface area contributed by atoms with Crippen LogP contribution in [-0.2, 0) is 6.42 Å². The van der Waals surface area contributed by atoms with Gasteiger partial charge >= 0.3 is 0 Å². The second-order valence-corrected chi connectivity index (χ2v) is 6.32. The molecule has 124 valence electrons. The van der Waals surface area contributed by atoms with Gasteiger partial charge in [0.1, 0.15) is 5.82 Å². The van der Waals surface area contributed by atoms with Gasteiger partial charge in [-0.1, -0.05) is 54.1 Å².